The summed E-state index contributed by atoms with van der Waals surface area (Å²) >= 11 is 0. The van der Waals surface area contributed by atoms with Crippen molar-refractivity contribution >= 4 is 5.69 Å². The molecule has 0 aliphatic carbocycles. The average Bonchev–Trinajstić information content (AvgIpc) is 2.22. The van der Waals surface area contributed by atoms with E-state index in [0.29, 0.717) is 0 Å². The van der Waals surface area contributed by atoms with E-state index >= 15 is 0 Å². The Kier molecular flexibility index (Phi) is 3.93. The maximum Gasteiger partial charge on any atom is 0.194 e. The number of rotatable bonds is 4. The van der Waals surface area contributed by atoms with E-state index in [0.717, 1.165) is 12.1 Å². The molecule has 0 aliphatic rings. The van der Waals surface area contributed by atoms with E-state index in [1.807, 2.05) is 0 Å². The SMILES string of the molecule is OC[C@@H](O)CNc1cc(F)c(F)c(F)c1. The fraction of sp³-hybridized carbons (Fsp3) is 0.333. The van der Waals surface area contributed by atoms with Crippen molar-refractivity contribution in [1.82, 2.24) is 0 Å². The van der Waals surface area contributed by atoms with Gasteiger partial charge in [-0.3, -0.25) is 0 Å². The fourth-order valence-electron chi connectivity index (χ4n) is 0.958. The Morgan fingerprint density at radius 2 is 1.73 bits per heavy atom. The summed E-state index contributed by atoms with van der Waals surface area (Å²) in [4.78, 5) is 0. The summed E-state index contributed by atoms with van der Waals surface area (Å²) in [6, 6.07) is 1.53. The van der Waals surface area contributed by atoms with Crippen LogP contribution in [0.4, 0.5) is 18.9 Å². The van der Waals surface area contributed by atoms with Crippen LogP contribution in [0.25, 0.3) is 0 Å². The van der Waals surface area contributed by atoms with Crippen molar-refractivity contribution in [3.63, 3.8) is 0 Å². The van der Waals surface area contributed by atoms with Gasteiger partial charge in [0.2, 0.25) is 0 Å². The summed E-state index contributed by atoms with van der Waals surface area (Å²) in [7, 11) is 0. The normalized spacial score (nSPS) is 12.6. The lowest BCUT2D eigenvalue weighted by atomic mass is 10.2. The number of anilines is 1. The van der Waals surface area contributed by atoms with Crippen molar-refractivity contribution in [2.45, 2.75) is 6.10 Å². The molecule has 15 heavy (non-hydrogen) atoms. The van der Waals surface area contributed by atoms with Crippen molar-refractivity contribution in [2.75, 3.05) is 18.5 Å². The maximum absolute atomic E-state index is 12.7. The fourth-order valence-corrected chi connectivity index (χ4v) is 0.958. The first kappa shape index (κ1) is 11.8. The van der Waals surface area contributed by atoms with Gasteiger partial charge in [0.1, 0.15) is 0 Å². The van der Waals surface area contributed by atoms with Gasteiger partial charge >= 0.3 is 0 Å². The van der Waals surface area contributed by atoms with E-state index in [-0.39, 0.29) is 12.2 Å². The first-order chi connectivity index (χ1) is 7.04. The molecule has 0 heterocycles. The summed E-state index contributed by atoms with van der Waals surface area (Å²) in [6.07, 6.45) is -1.04. The predicted molar refractivity (Wildman–Crippen MR) is 47.9 cm³/mol. The molecule has 1 atom stereocenters. The zero-order valence-electron chi connectivity index (χ0n) is 7.67. The molecule has 3 nitrogen and oxygen atoms in total. The summed E-state index contributed by atoms with van der Waals surface area (Å²) in [5.41, 5.74) is -0.00102. The second-order valence-corrected chi connectivity index (χ2v) is 2.97. The lowest BCUT2D eigenvalue weighted by Gasteiger charge is -2.10. The molecule has 3 N–H and O–H groups in total. The van der Waals surface area contributed by atoms with Crippen LogP contribution in [0.1, 0.15) is 0 Å². The van der Waals surface area contributed by atoms with Gasteiger partial charge in [-0.05, 0) is 0 Å². The minimum absolute atomic E-state index is 0.00102. The van der Waals surface area contributed by atoms with E-state index in [1.54, 1.807) is 0 Å². The minimum Gasteiger partial charge on any atom is -0.394 e. The molecule has 1 aromatic carbocycles. The van der Waals surface area contributed by atoms with Gasteiger partial charge in [-0.25, -0.2) is 13.2 Å². The zero-order valence-corrected chi connectivity index (χ0v) is 7.67. The Labute approximate surface area is 84.2 Å². The van der Waals surface area contributed by atoms with Crippen LogP contribution in [-0.2, 0) is 0 Å². The quantitative estimate of drug-likeness (QED) is 0.661. The van der Waals surface area contributed by atoms with Gasteiger partial charge in [0, 0.05) is 24.4 Å². The molecular weight excluding hydrogens is 211 g/mol. The summed E-state index contributed by atoms with van der Waals surface area (Å²) in [6.45, 7) is -0.555. The summed E-state index contributed by atoms with van der Waals surface area (Å²) in [5, 5.41) is 19.9. The first-order valence-corrected chi connectivity index (χ1v) is 4.22. The largest absolute Gasteiger partial charge is 0.394 e. The van der Waals surface area contributed by atoms with Crippen LogP contribution in [0.3, 0.4) is 0 Å². The molecule has 0 amide bonds. The number of hydrogen-bond acceptors (Lipinski definition) is 3. The molecular formula is C9H10F3NO2. The number of aliphatic hydroxyl groups is 2. The van der Waals surface area contributed by atoms with Gasteiger partial charge in [-0.15, -0.1) is 0 Å². The van der Waals surface area contributed by atoms with Crippen LogP contribution in [0, 0.1) is 17.5 Å². The Balaban J connectivity index is 2.70. The lowest BCUT2D eigenvalue weighted by molar-refractivity contribution is 0.105. The number of nitrogens with one attached hydrogen (secondary N) is 1. The van der Waals surface area contributed by atoms with Gasteiger partial charge in [0.15, 0.2) is 17.5 Å². The third-order valence-corrected chi connectivity index (χ3v) is 1.74. The maximum atomic E-state index is 12.7. The van der Waals surface area contributed by atoms with Gasteiger partial charge in [0.25, 0.3) is 0 Å². The van der Waals surface area contributed by atoms with Crippen LogP contribution >= 0.6 is 0 Å². The van der Waals surface area contributed by atoms with Crippen LogP contribution in [0.15, 0.2) is 12.1 Å². The predicted octanol–water partition coefficient (Wildman–Crippen LogP) is 0.869. The smallest absolute Gasteiger partial charge is 0.194 e. The van der Waals surface area contributed by atoms with E-state index in [9.17, 15) is 13.2 Å². The standard InChI is InChI=1S/C9H10F3NO2/c10-7-1-5(2-8(11)9(7)12)13-3-6(15)4-14/h1-2,6,13-15H,3-4H2/t6-/m0/s1. The molecule has 0 aliphatic heterocycles. The molecule has 0 aromatic heterocycles. The third kappa shape index (κ3) is 3.10. The minimum atomic E-state index is -1.54. The highest BCUT2D eigenvalue weighted by molar-refractivity contribution is 5.44. The molecule has 0 bridgehead atoms. The summed E-state index contributed by atoms with van der Waals surface area (Å²) in [5.74, 6) is -4.16. The second kappa shape index (κ2) is 4.99. The molecule has 0 saturated carbocycles. The third-order valence-electron chi connectivity index (χ3n) is 1.74. The lowest BCUT2D eigenvalue weighted by Crippen LogP contribution is -2.23. The molecule has 0 unspecified atom stereocenters. The van der Waals surface area contributed by atoms with Crippen molar-refractivity contribution in [3.8, 4) is 0 Å². The summed E-state index contributed by atoms with van der Waals surface area (Å²) < 4.78 is 37.9. The van der Waals surface area contributed by atoms with Gasteiger partial charge in [-0.2, -0.15) is 0 Å². The van der Waals surface area contributed by atoms with Gasteiger partial charge in [-0.1, -0.05) is 0 Å². The van der Waals surface area contributed by atoms with Crippen molar-refractivity contribution in [1.29, 1.82) is 0 Å². The number of halogens is 3. The molecule has 1 aromatic rings. The zero-order chi connectivity index (χ0) is 11.4. The van der Waals surface area contributed by atoms with Crippen LogP contribution in [-0.4, -0.2) is 29.5 Å². The monoisotopic (exact) mass is 221 g/mol. The average molecular weight is 221 g/mol. The van der Waals surface area contributed by atoms with Crippen LogP contribution < -0.4 is 5.32 Å². The molecule has 0 fully saturated rings. The molecule has 1 rings (SSSR count). The highest BCUT2D eigenvalue weighted by Gasteiger charge is 2.10. The highest BCUT2D eigenvalue weighted by Crippen LogP contribution is 2.17. The van der Waals surface area contributed by atoms with E-state index in [1.165, 1.54) is 0 Å². The molecule has 0 spiro atoms. The Hall–Kier alpha value is -1.27. The second-order valence-electron chi connectivity index (χ2n) is 2.97. The topological polar surface area (TPSA) is 52.5 Å². The van der Waals surface area contributed by atoms with Crippen molar-refractivity contribution in [3.05, 3.63) is 29.6 Å². The van der Waals surface area contributed by atoms with Gasteiger partial charge < -0.3 is 15.5 Å². The first-order valence-electron chi connectivity index (χ1n) is 4.22. The Morgan fingerprint density at radius 3 is 2.20 bits per heavy atom. The molecule has 0 radical (unpaired) electrons. The van der Waals surface area contributed by atoms with Crippen LogP contribution in [0.2, 0.25) is 0 Å². The number of hydrogen-bond donors (Lipinski definition) is 3. The Bertz CT molecular complexity index is 323. The van der Waals surface area contributed by atoms with E-state index in [4.69, 9.17) is 10.2 Å². The molecule has 84 valence electrons. The van der Waals surface area contributed by atoms with Crippen molar-refractivity contribution in [2.24, 2.45) is 0 Å². The van der Waals surface area contributed by atoms with Gasteiger partial charge in [0.05, 0.1) is 12.7 Å². The van der Waals surface area contributed by atoms with Crippen molar-refractivity contribution < 1.29 is 23.4 Å². The number of aliphatic hydroxyl groups excluding tert-OH is 2. The number of benzene rings is 1. The highest BCUT2D eigenvalue weighted by atomic mass is 19.2. The molecule has 0 saturated heterocycles. The van der Waals surface area contributed by atoms with E-state index in [2.05, 4.69) is 5.32 Å². The van der Waals surface area contributed by atoms with Crippen LogP contribution in [0.5, 0.6) is 0 Å². The van der Waals surface area contributed by atoms with E-state index < -0.39 is 30.2 Å². The Morgan fingerprint density at radius 1 is 1.20 bits per heavy atom. The molecule has 6 heteroatoms.